The second-order valence-electron chi connectivity index (χ2n) is 4.80. The Morgan fingerprint density at radius 2 is 2.20 bits per heavy atom. The molecule has 0 saturated heterocycles. The molecule has 2 aromatic heterocycles. The Kier molecular flexibility index (Phi) is 4.72. The Morgan fingerprint density at radius 1 is 1.45 bits per heavy atom. The fourth-order valence-electron chi connectivity index (χ4n) is 2.27. The van der Waals surface area contributed by atoms with Crippen molar-refractivity contribution in [2.75, 3.05) is 14.2 Å². The van der Waals surface area contributed by atoms with Crippen LogP contribution in [0.4, 0.5) is 0 Å². The minimum Gasteiger partial charge on any atom is -0.493 e. The smallest absolute Gasteiger partial charge is 0.161 e. The number of rotatable bonds is 6. The highest BCUT2D eigenvalue weighted by atomic mass is 32.1. The molecule has 1 atom stereocenters. The summed E-state index contributed by atoms with van der Waals surface area (Å²) in [5, 5.41) is 12.0. The van der Waals surface area contributed by atoms with E-state index in [0.29, 0.717) is 0 Å². The first-order chi connectivity index (χ1) is 9.63. The SMILES string of the molecule is CCc1nnsc1C(NC)c1c(OC)cnn1C(C)C. The van der Waals surface area contributed by atoms with Crippen molar-refractivity contribution in [1.29, 1.82) is 0 Å². The minimum absolute atomic E-state index is 0.00944. The van der Waals surface area contributed by atoms with Gasteiger partial charge in [0.25, 0.3) is 0 Å². The lowest BCUT2D eigenvalue weighted by Crippen LogP contribution is -2.23. The summed E-state index contributed by atoms with van der Waals surface area (Å²) in [5.74, 6) is 0.786. The molecule has 6 nitrogen and oxygen atoms in total. The molecule has 110 valence electrons. The van der Waals surface area contributed by atoms with Crippen LogP contribution in [0.3, 0.4) is 0 Å². The third-order valence-electron chi connectivity index (χ3n) is 3.25. The van der Waals surface area contributed by atoms with Crippen molar-refractivity contribution in [2.45, 2.75) is 39.3 Å². The van der Waals surface area contributed by atoms with Gasteiger partial charge >= 0.3 is 0 Å². The molecule has 1 unspecified atom stereocenters. The fourth-order valence-corrected chi connectivity index (χ4v) is 3.12. The van der Waals surface area contributed by atoms with Crippen LogP contribution in [-0.2, 0) is 6.42 Å². The van der Waals surface area contributed by atoms with Gasteiger partial charge in [0, 0.05) is 6.04 Å². The largest absolute Gasteiger partial charge is 0.493 e. The molecule has 2 heterocycles. The van der Waals surface area contributed by atoms with Gasteiger partial charge in [0.15, 0.2) is 5.75 Å². The van der Waals surface area contributed by atoms with E-state index in [0.717, 1.165) is 28.4 Å². The van der Waals surface area contributed by atoms with E-state index in [1.165, 1.54) is 11.5 Å². The highest BCUT2D eigenvalue weighted by Crippen LogP contribution is 2.34. The maximum atomic E-state index is 5.47. The highest BCUT2D eigenvalue weighted by Gasteiger charge is 2.27. The first kappa shape index (κ1) is 14.9. The van der Waals surface area contributed by atoms with Gasteiger partial charge in [-0.3, -0.25) is 4.68 Å². The van der Waals surface area contributed by atoms with Gasteiger partial charge in [-0.05, 0) is 38.8 Å². The fraction of sp³-hybridized carbons (Fsp3) is 0.615. The molecule has 0 aliphatic rings. The van der Waals surface area contributed by atoms with E-state index in [9.17, 15) is 0 Å². The van der Waals surface area contributed by atoms with Gasteiger partial charge in [-0.1, -0.05) is 11.4 Å². The number of hydrogen-bond acceptors (Lipinski definition) is 6. The second-order valence-corrected chi connectivity index (χ2v) is 5.58. The third-order valence-corrected chi connectivity index (χ3v) is 4.08. The Balaban J connectivity index is 2.54. The van der Waals surface area contributed by atoms with Crippen molar-refractivity contribution in [3.05, 3.63) is 22.5 Å². The van der Waals surface area contributed by atoms with Crippen LogP contribution in [0.15, 0.2) is 6.20 Å². The molecule has 0 aromatic carbocycles. The summed E-state index contributed by atoms with van der Waals surface area (Å²) in [5.41, 5.74) is 2.04. The lowest BCUT2D eigenvalue weighted by molar-refractivity contribution is 0.396. The maximum absolute atomic E-state index is 5.47. The number of methoxy groups -OCH3 is 1. The Bertz CT molecular complexity index is 563. The number of aryl methyl sites for hydroxylation is 1. The van der Waals surface area contributed by atoms with Crippen LogP contribution >= 0.6 is 11.5 Å². The summed E-state index contributed by atoms with van der Waals surface area (Å²) in [6, 6.07) is 0.250. The van der Waals surface area contributed by atoms with Crippen LogP contribution in [0.1, 0.15) is 49.1 Å². The molecule has 2 aromatic rings. The maximum Gasteiger partial charge on any atom is 0.161 e. The molecule has 0 aliphatic carbocycles. The van der Waals surface area contributed by atoms with Gasteiger partial charge in [-0.15, -0.1) is 5.10 Å². The lowest BCUT2D eigenvalue weighted by Gasteiger charge is -2.20. The monoisotopic (exact) mass is 295 g/mol. The van der Waals surface area contributed by atoms with Crippen LogP contribution in [-0.4, -0.2) is 33.5 Å². The number of nitrogens with one attached hydrogen (secondary N) is 1. The molecule has 1 N–H and O–H groups in total. The zero-order valence-corrected chi connectivity index (χ0v) is 13.4. The number of aromatic nitrogens is 4. The van der Waals surface area contributed by atoms with Crippen molar-refractivity contribution >= 4 is 11.5 Å². The summed E-state index contributed by atoms with van der Waals surface area (Å²) in [4.78, 5) is 1.12. The van der Waals surface area contributed by atoms with E-state index in [2.05, 4.69) is 40.8 Å². The summed E-state index contributed by atoms with van der Waals surface area (Å²) in [7, 11) is 3.60. The highest BCUT2D eigenvalue weighted by molar-refractivity contribution is 7.05. The number of ether oxygens (including phenoxy) is 1. The molecule has 0 fully saturated rings. The summed E-state index contributed by atoms with van der Waals surface area (Å²) in [6.45, 7) is 6.30. The molecule has 0 aliphatic heterocycles. The Morgan fingerprint density at radius 3 is 2.75 bits per heavy atom. The van der Waals surface area contributed by atoms with E-state index < -0.39 is 0 Å². The molecule has 0 radical (unpaired) electrons. The van der Waals surface area contributed by atoms with Gasteiger partial charge in [0.1, 0.15) is 5.69 Å². The van der Waals surface area contributed by atoms with Gasteiger partial charge in [0.2, 0.25) is 0 Å². The molecule has 2 rings (SSSR count). The first-order valence-electron chi connectivity index (χ1n) is 6.73. The summed E-state index contributed by atoms with van der Waals surface area (Å²) in [6.07, 6.45) is 2.63. The average Bonchev–Trinajstić information content (AvgIpc) is 3.06. The predicted molar refractivity (Wildman–Crippen MR) is 79.4 cm³/mol. The normalized spacial score (nSPS) is 12.9. The van der Waals surface area contributed by atoms with Crippen LogP contribution in [0.2, 0.25) is 0 Å². The van der Waals surface area contributed by atoms with Crippen LogP contribution in [0.25, 0.3) is 0 Å². The van der Waals surface area contributed by atoms with Gasteiger partial charge < -0.3 is 10.1 Å². The molecular formula is C13H21N5OS. The topological polar surface area (TPSA) is 64.9 Å². The first-order valence-corrected chi connectivity index (χ1v) is 7.51. The van der Waals surface area contributed by atoms with Crippen LogP contribution in [0.5, 0.6) is 5.75 Å². The summed E-state index contributed by atoms with van der Waals surface area (Å²) >= 11 is 1.42. The zero-order chi connectivity index (χ0) is 14.7. The van der Waals surface area contributed by atoms with Crippen molar-refractivity contribution in [1.82, 2.24) is 24.7 Å². The molecular weight excluding hydrogens is 274 g/mol. The van der Waals surface area contributed by atoms with E-state index in [-0.39, 0.29) is 12.1 Å². The molecule has 0 spiro atoms. The van der Waals surface area contributed by atoms with Crippen LogP contribution < -0.4 is 10.1 Å². The van der Waals surface area contributed by atoms with Gasteiger partial charge in [0.05, 0.1) is 29.9 Å². The Labute approximate surface area is 123 Å². The van der Waals surface area contributed by atoms with Gasteiger partial charge in [-0.2, -0.15) is 5.10 Å². The lowest BCUT2D eigenvalue weighted by atomic mass is 10.1. The third kappa shape index (κ3) is 2.55. The molecule has 0 amide bonds. The Hall–Kier alpha value is -1.47. The second kappa shape index (κ2) is 6.32. The van der Waals surface area contributed by atoms with E-state index in [1.54, 1.807) is 13.3 Å². The van der Waals surface area contributed by atoms with Crippen molar-refractivity contribution in [3.8, 4) is 5.75 Å². The van der Waals surface area contributed by atoms with Crippen molar-refractivity contribution in [2.24, 2.45) is 0 Å². The molecule has 20 heavy (non-hydrogen) atoms. The molecule has 0 saturated carbocycles. The minimum atomic E-state index is -0.00944. The molecule has 0 bridgehead atoms. The molecule has 7 heteroatoms. The average molecular weight is 295 g/mol. The zero-order valence-electron chi connectivity index (χ0n) is 12.5. The standard InChI is InChI=1S/C13H21N5OS/c1-6-9-13(20-17-16-9)11(14-4)12-10(19-5)7-15-18(12)8(2)3/h7-8,11,14H,6H2,1-5H3. The van der Waals surface area contributed by atoms with Crippen molar-refractivity contribution < 1.29 is 4.74 Å². The number of nitrogens with zero attached hydrogens (tertiary/aromatic N) is 4. The quantitative estimate of drug-likeness (QED) is 0.885. The summed E-state index contributed by atoms with van der Waals surface area (Å²) < 4.78 is 11.5. The predicted octanol–water partition coefficient (Wildman–Crippen LogP) is 2.20. The number of hydrogen-bond donors (Lipinski definition) is 1. The van der Waals surface area contributed by atoms with E-state index in [1.807, 2.05) is 11.7 Å². The van der Waals surface area contributed by atoms with E-state index in [4.69, 9.17) is 4.74 Å². The van der Waals surface area contributed by atoms with Gasteiger partial charge in [-0.25, -0.2) is 0 Å². The van der Waals surface area contributed by atoms with Crippen LogP contribution in [0, 0.1) is 0 Å². The van der Waals surface area contributed by atoms with E-state index >= 15 is 0 Å². The van der Waals surface area contributed by atoms with Crippen molar-refractivity contribution in [3.63, 3.8) is 0 Å².